The Bertz CT molecular complexity index is 1140. The van der Waals surface area contributed by atoms with E-state index >= 15 is 0 Å². The first kappa shape index (κ1) is 23.0. The smallest absolute Gasteiger partial charge is 0.246 e. The number of carbonyl (C=O) groups excluding carboxylic acids is 1. The van der Waals surface area contributed by atoms with E-state index in [4.69, 9.17) is 11.6 Å². The number of rotatable bonds is 8. The summed E-state index contributed by atoms with van der Waals surface area (Å²) in [6.07, 6.45) is 4.42. The maximum atomic E-state index is 11.8. The first-order valence-corrected chi connectivity index (χ1v) is 11.6. The topological polar surface area (TPSA) is 115 Å². The molecule has 1 aliphatic heterocycles. The number of amides is 1. The quantitative estimate of drug-likeness (QED) is 0.280. The third-order valence-corrected chi connectivity index (χ3v) is 6.47. The van der Waals surface area contributed by atoms with Crippen LogP contribution in [0.1, 0.15) is 23.1 Å². The zero-order chi connectivity index (χ0) is 23.4. The summed E-state index contributed by atoms with van der Waals surface area (Å²) in [5, 5.41) is 21.1. The second-order valence-corrected chi connectivity index (χ2v) is 9.02. The lowest BCUT2D eigenvalue weighted by Crippen LogP contribution is -2.30. The second kappa shape index (κ2) is 10.2. The third-order valence-electron chi connectivity index (χ3n) is 5.19. The van der Waals surface area contributed by atoms with Crippen LogP contribution in [0.15, 0.2) is 49.3 Å². The highest BCUT2D eigenvalue weighted by Crippen LogP contribution is 2.31. The number of aryl methyl sites for hydroxylation is 1. The molecule has 0 aliphatic carbocycles. The summed E-state index contributed by atoms with van der Waals surface area (Å²) >= 11 is 7.54. The Hall–Kier alpha value is -3.21. The van der Waals surface area contributed by atoms with Crippen molar-refractivity contribution in [2.75, 3.05) is 29.0 Å². The highest BCUT2D eigenvalue weighted by molar-refractivity contribution is 7.15. The van der Waals surface area contributed by atoms with Gasteiger partial charge in [-0.1, -0.05) is 41.6 Å². The van der Waals surface area contributed by atoms with Gasteiger partial charge in [-0.3, -0.25) is 4.79 Å². The number of carbonyl (C=O) groups is 1. The molecule has 11 heteroatoms. The van der Waals surface area contributed by atoms with E-state index in [1.807, 2.05) is 19.1 Å². The molecule has 3 heterocycles. The number of benzene rings is 1. The van der Waals surface area contributed by atoms with E-state index in [0.29, 0.717) is 45.6 Å². The number of aliphatic hydroxyl groups excluding tert-OH is 1. The van der Waals surface area contributed by atoms with Crippen molar-refractivity contribution in [3.63, 3.8) is 0 Å². The van der Waals surface area contributed by atoms with Crippen molar-refractivity contribution in [2.45, 2.75) is 25.6 Å². The van der Waals surface area contributed by atoms with Gasteiger partial charge in [-0.2, -0.15) is 4.98 Å². The number of thiazole rings is 1. The first-order valence-electron chi connectivity index (χ1n) is 10.4. The Labute approximate surface area is 200 Å². The number of nitrogens with one attached hydrogen (secondary N) is 3. The fourth-order valence-electron chi connectivity index (χ4n) is 3.49. The van der Waals surface area contributed by atoms with Gasteiger partial charge in [0, 0.05) is 31.5 Å². The van der Waals surface area contributed by atoms with Gasteiger partial charge in [0.1, 0.15) is 5.82 Å². The monoisotopic (exact) mass is 485 g/mol. The molecule has 1 fully saturated rings. The largest absolute Gasteiger partial charge is 0.369 e. The summed E-state index contributed by atoms with van der Waals surface area (Å²) in [5.41, 5.74) is 1.62. The Morgan fingerprint density at radius 3 is 3.03 bits per heavy atom. The van der Waals surface area contributed by atoms with Crippen molar-refractivity contribution in [1.82, 2.24) is 19.9 Å². The summed E-state index contributed by atoms with van der Waals surface area (Å²) in [7, 11) is 0. The molecule has 0 spiro atoms. The van der Waals surface area contributed by atoms with Crippen molar-refractivity contribution in [3.05, 3.63) is 64.8 Å². The van der Waals surface area contributed by atoms with Gasteiger partial charge in [-0.25, -0.2) is 9.97 Å². The van der Waals surface area contributed by atoms with Crippen LogP contribution in [0.2, 0.25) is 5.02 Å². The van der Waals surface area contributed by atoms with Gasteiger partial charge in [-0.05, 0) is 37.1 Å². The number of nitrogens with zero attached hydrogens (tertiary/aromatic N) is 4. The maximum Gasteiger partial charge on any atom is 0.246 e. The van der Waals surface area contributed by atoms with E-state index in [2.05, 4.69) is 37.5 Å². The molecule has 2 aromatic heterocycles. The van der Waals surface area contributed by atoms with Gasteiger partial charge in [0.15, 0.2) is 11.4 Å². The highest BCUT2D eigenvalue weighted by Gasteiger charge is 2.25. The molecule has 1 aliphatic rings. The van der Waals surface area contributed by atoms with Gasteiger partial charge >= 0.3 is 0 Å². The SMILES string of the molecule is C=CC(=O)N1CC[C@H](Nc2nccc(Nc3ncc(C(O)Nc4c(C)cccc4Cl)s3)n2)C1. The van der Waals surface area contributed by atoms with E-state index in [9.17, 15) is 9.90 Å². The first-order chi connectivity index (χ1) is 15.9. The normalized spacial score (nSPS) is 16.3. The fraction of sp³-hybridized carbons (Fsp3) is 0.273. The van der Waals surface area contributed by atoms with Crippen molar-refractivity contribution in [1.29, 1.82) is 0 Å². The Kier molecular flexibility index (Phi) is 7.07. The predicted octanol–water partition coefficient (Wildman–Crippen LogP) is 3.94. The number of halogens is 1. The summed E-state index contributed by atoms with van der Waals surface area (Å²) in [6.45, 7) is 6.70. The molecular weight excluding hydrogens is 462 g/mol. The van der Waals surface area contributed by atoms with Crippen LogP contribution in [0.5, 0.6) is 0 Å². The van der Waals surface area contributed by atoms with Crippen LogP contribution in [-0.2, 0) is 4.79 Å². The third kappa shape index (κ3) is 5.59. The molecular formula is C22H24ClN7O2S. The Morgan fingerprint density at radius 1 is 1.39 bits per heavy atom. The fourth-order valence-corrected chi connectivity index (χ4v) is 4.53. The molecule has 1 amide bonds. The number of aliphatic hydroxyl groups is 1. The predicted molar refractivity (Wildman–Crippen MR) is 131 cm³/mol. The molecule has 2 atom stereocenters. The number of hydrogen-bond acceptors (Lipinski definition) is 9. The summed E-state index contributed by atoms with van der Waals surface area (Å²) in [5.74, 6) is 0.956. The van der Waals surface area contributed by atoms with Crippen molar-refractivity contribution in [2.24, 2.45) is 0 Å². The number of aromatic nitrogens is 3. The van der Waals surface area contributed by atoms with Crippen molar-refractivity contribution < 1.29 is 9.90 Å². The zero-order valence-corrected chi connectivity index (χ0v) is 19.5. The summed E-state index contributed by atoms with van der Waals surface area (Å²) < 4.78 is 0. The molecule has 1 unspecified atom stereocenters. The Balaban J connectivity index is 1.37. The van der Waals surface area contributed by atoms with Crippen LogP contribution in [-0.4, -0.2) is 50.0 Å². The number of likely N-dealkylation sites (tertiary alicyclic amines) is 1. The maximum absolute atomic E-state index is 11.8. The van der Waals surface area contributed by atoms with Crippen LogP contribution in [0.3, 0.4) is 0 Å². The van der Waals surface area contributed by atoms with Crippen LogP contribution in [0.25, 0.3) is 0 Å². The summed E-state index contributed by atoms with van der Waals surface area (Å²) in [4.78, 5) is 27.2. The number of anilines is 4. The van der Waals surface area contributed by atoms with E-state index in [1.165, 1.54) is 17.4 Å². The lowest BCUT2D eigenvalue weighted by Gasteiger charge is -2.15. The second-order valence-electron chi connectivity index (χ2n) is 7.56. The zero-order valence-electron chi connectivity index (χ0n) is 18.0. The molecule has 4 N–H and O–H groups in total. The van der Waals surface area contributed by atoms with E-state index in [-0.39, 0.29) is 11.9 Å². The van der Waals surface area contributed by atoms with Crippen molar-refractivity contribution in [3.8, 4) is 0 Å². The molecule has 1 saturated heterocycles. The average molecular weight is 486 g/mol. The highest BCUT2D eigenvalue weighted by atomic mass is 35.5. The average Bonchev–Trinajstić information content (AvgIpc) is 3.46. The molecule has 172 valence electrons. The van der Waals surface area contributed by atoms with Crippen LogP contribution < -0.4 is 16.0 Å². The lowest BCUT2D eigenvalue weighted by molar-refractivity contribution is -0.125. The van der Waals surface area contributed by atoms with E-state index in [1.54, 1.807) is 29.4 Å². The molecule has 3 aromatic rings. The standard InChI is InChI=1S/C22H24ClN7O2S/c1-3-18(31)30-10-8-14(12-30)26-21-24-9-7-17(27-21)28-22-25-11-16(33-22)20(32)29-19-13(2)5-4-6-15(19)23/h3-7,9,11,14,20,29,32H,1,8,10,12H2,2H3,(H2,24,25,26,27,28)/t14-,20?/m0/s1. The van der Waals surface area contributed by atoms with Gasteiger partial charge in [-0.15, -0.1) is 0 Å². The van der Waals surface area contributed by atoms with Crippen LogP contribution >= 0.6 is 22.9 Å². The van der Waals surface area contributed by atoms with Gasteiger partial charge < -0.3 is 26.0 Å². The van der Waals surface area contributed by atoms with Gasteiger partial charge in [0.2, 0.25) is 11.9 Å². The molecule has 0 radical (unpaired) electrons. The van der Waals surface area contributed by atoms with Crippen LogP contribution in [0.4, 0.5) is 22.6 Å². The minimum Gasteiger partial charge on any atom is -0.369 e. The molecule has 33 heavy (non-hydrogen) atoms. The van der Waals surface area contributed by atoms with Crippen molar-refractivity contribution >= 4 is 51.4 Å². The number of hydrogen-bond donors (Lipinski definition) is 4. The van der Waals surface area contributed by atoms with Gasteiger partial charge in [0.25, 0.3) is 0 Å². The van der Waals surface area contributed by atoms with E-state index < -0.39 is 6.23 Å². The molecule has 0 bridgehead atoms. The minimum atomic E-state index is -0.956. The Morgan fingerprint density at radius 2 is 2.24 bits per heavy atom. The number of para-hydroxylation sites is 1. The van der Waals surface area contributed by atoms with Gasteiger partial charge in [0.05, 0.1) is 15.6 Å². The molecule has 4 rings (SSSR count). The summed E-state index contributed by atoms with van der Waals surface area (Å²) in [6, 6.07) is 7.35. The minimum absolute atomic E-state index is 0.0726. The molecule has 9 nitrogen and oxygen atoms in total. The van der Waals surface area contributed by atoms with Crippen LogP contribution in [0, 0.1) is 6.92 Å². The van der Waals surface area contributed by atoms with E-state index in [0.717, 1.165) is 12.0 Å². The molecule has 0 saturated carbocycles. The molecule has 1 aromatic carbocycles. The lowest BCUT2D eigenvalue weighted by atomic mass is 10.2.